The Labute approximate surface area is 62.0 Å². The van der Waals surface area contributed by atoms with Crippen molar-refractivity contribution in [1.82, 2.24) is 5.32 Å². The molecule has 1 unspecified atom stereocenters. The van der Waals surface area contributed by atoms with Gasteiger partial charge in [0.15, 0.2) is 6.19 Å². The number of ether oxygens (including phenoxy) is 1. The lowest BCUT2D eigenvalue weighted by Crippen LogP contribution is -2.34. The Hall–Kier alpha value is -0.750. The molecular formula is C7H14N2O. The van der Waals surface area contributed by atoms with Crippen LogP contribution in [0.15, 0.2) is 0 Å². The van der Waals surface area contributed by atoms with Gasteiger partial charge < -0.3 is 10.1 Å². The zero-order valence-corrected chi connectivity index (χ0v) is 6.72. The van der Waals surface area contributed by atoms with Gasteiger partial charge in [0.25, 0.3) is 0 Å². The second-order valence-electron chi connectivity index (χ2n) is 2.56. The summed E-state index contributed by atoms with van der Waals surface area (Å²) in [7, 11) is 1.63. The summed E-state index contributed by atoms with van der Waals surface area (Å²) >= 11 is 0. The molecule has 0 aromatic carbocycles. The highest BCUT2D eigenvalue weighted by molar-refractivity contribution is 4.78. The summed E-state index contributed by atoms with van der Waals surface area (Å²) in [5.74, 6) is 0.430. The predicted octanol–water partition coefficient (Wildman–Crippen LogP) is 0.728. The maximum absolute atomic E-state index is 8.30. The Bertz CT molecular complexity index is 117. The second-order valence-corrected chi connectivity index (χ2v) is 2.56. The average molecular weight is 142 g/mol. The molecule has 0 spiro atoms. The highest BCUT2D eigenvalue weighted by Gasteiger charge is 2.10. The molecule has 1 atom stereocenters. The zero-order chi connectivity index (χ0) is 7.98. The van der Waals surface area contributed by atoms with Crippen LogP contribution in [-0.2, 0) is 4.74 Å². The Kier molecular flexibility index (Phi) is 4.69. The first kappa shape index (κ1) is 9.25. The molecule has 0 aliphatic heterocycles. The van der Waals surface area contributed by atoms with Gasteiger partial charge in [-0.15, -0.1) is 0 Å². The smallest absolute Gasteiger partial charge is 0.176 e. The van der Waals surface area contributed by atoms with Crippen LogP contribution in [-0.4, -0.2) is 19.8 Å². The normalized spacial score (nSPS) is 12.7. The summed E-state index contributed by atoms with van der Waals surface area (Å²) in [5.41, 5.74) is 0. The topological polar surface area (TPSA) is 45.0 Å². The Morgan fingerprint density at radius 1 is 1.60 bits per heavy atom. The van der Waals surface area contributed by atoms with Gasteiger partial charge in [-0.25, -0.2) is 0 Å². The average Bonchev–Trinajstić information content (AvgIpc) is 1.87. The molecule has 0 aliphatic carbocycles. The van der Waals surface area contributed by atoms with Crippen LogP contribution in [0.1, 0.15) is 13.8 Å². The number of hydrogen-bond acceptors (Lipinski definition) is 3. The molecule has 0 heterocycles. The van der Waals surface area contributed by atoms with Crippen LogP contribution in [0.2, 0.25) is 0 Å². The van der Waals surface area contributed by atoms with E-state index >= 15 is 0 Å². The van der Waals surface area contributed by atoms with Crippen molar-refractivity contribution < 1.29 is 4.74 Å². The third-order valence-electron chi connectivity index (χ3n) is 1.40. The van der Waals surface area contributed by atoms with Crippen molar-refractivity contribution in [2.45, 2.75) is 19.9 Å². The minimum atomic E-state index is 0.148. The lowest BCUT2D eigenvalue weighted by atomic mass is 10.1. The molecule has 3 nitrogen and oxygen atoms in total. The summed E-state index contributed by atoms with van der Waals surface area (Å²) in [6.45, 7) is 4.69. The van der Waals surface area contributed by atoms with Crippen molar-refractivity contribution in [3.8, 4) is 6.19 Å². The predicted molar refractivity (Wildman–Crippen MR) is 39.3 cm³/mol. The lowest BCUT2D eigenvalue weighted by molar-refractivity contribution is 0.155. The maximum atomic E-state index is 8.30. The molecule has 0 bridgehead atoms. The fourth-order valence-electron chi connectivity index (χ4n) is 0.663. The van der Waals surface area contributed by atoms with E-state index in [0.29, 0.717) is 12.5 Å². The van der Waals surface area contributed by atoms with Crippen LogP contribution in [0.4, 0.5) is 0 Å². The molecule has 0 saturated carbocycles. The third-order valence-corrected chi connectivity index (χ3v) is 1.40. The number of nitrogens with zero attached hydrogens (tertiary/aromatic N) is 1. The van der Waals surface area contributed by atoms with Crippen LogP contribution < -0.4 is 5.32 Å². The van der Waals surface area contributed by atoms with E-state index in [2.05, 4.69) is 5.32 Å². The lowest BCUT2D eigenvalue weighted by Gasteiger charge is -2.17. The van der Waals surface area contributed by atoms with Gasteiger partial charge in [-0.1, -0.05) is 13.8 Å². The molecule has 0 aromatic heterocycles. The fourth-order valence-corrected chi connectivity index (χ4v) is 0.663. The molecule has 0 rings (SSSR count). The maximum Gasteiger partial charge on any atom is 0.176 e. The SMILES string of the molecule is COCC(NC#N)C(C)C. The van der Waals surface area contributed by atoms with Gasteiger partial charge >= 0.3 is 0 Å². The van der Waals surface area contributed by atoms with Crippen molar-refractivity contribution in [3.05, 3.63) is 0 Å². The molecule has 0 amide bonds. The van der Waals surface area contributed by atoms with E-state index in [-0.39, 0.29) is 6.04 Å². The first-order chi connectivity index (χ1) is 4.72. The van der Waals surface area contributed by atoms with Crippen molar-refractivity contribution in [2.75, 3.05) is 13.7 Å². The molecule has 0 aromatic rings. The van der Waals surface area contributed by atoms with E-state index in [1.807, 2.05) is 20.0 Å². The van der Waals surface area contributed by atoms with E-state index in [0.717, 1.165) is 0 Å². The number of nitriles is 1. The molecule has 1 N–H and O–H groups in total. The van der Waals surface area contributed by atoms with Crippen LogP contribution in [0.25, 0.3) is 0 Å². The molecule has 0 aliphatic rings. The number of hydrogen-bond donors (Lipinski definition) is 1. The Morgan fingerprint density at radius 3 is 2.50 bits per heavy atom. The van der Waals surface area contributed by atoms with Crippen LogP contribution in [0.5, 0.6) is 0 Å². The Morgan fingerprint density at radius 2 is 2.20 bits per heavy atom. The van der Waals surface area contributed by atoms with Gasteiger partial charge in [-0.2, -0.15) is 5.26 Å². The van der Waals surface area contributed by atoms with Crippen LogP contribution in [0, 0.1) is 17.4 Å². The monoisotopic (exact) mass is 142 g/mol. The van der Waals surface area contributed by atoms with Crippen molar-refractivity contribution >= 4 is 0 Å². The van der Waals surface area contributed by atoms with E-state index in [9.17, 15) is 0 Å². The van der Waals surface area contributed by atoms with Gasteiger partial charge in [-0.05, 0) is 5.92 Å². The first-order valence-corrected chi connectivity index (χ1v) is 3.36. The molecular weight excluding hydrogens is 128 g/mol. The Balaban J connectivity index is 3.63. The van der Waals surface area contributed by atoms with Gasteiger partial charge in [0.2, 0.25) is 0 Å². The van der Waals surface area contributed by atoms with E-state index in [4.69, 9.17) is 10.00 Å². The largest absolute Gasteiger partial charge is 0.383 e. The highest BCUT2D eigenvalue weighted by Crippen LogP contribution is 2.00. The van der Waals surface area contributed by atoms with E-state index in [1.54, 1.807) is 7.11 Å². The van der Waals surface area contributed by atoms with Gasteiger partial charge in [0.05, 0.1) is 12.6 Å². The number of rotatable bonds is 4. The minimum Gasteiger partial charge on any atom is -0.383 e. The van der Waals surface area contributed by atoms with Crippen molar-refractivity contribution in [2.24, 2.45) is 5.92 Å². The third kappa shape index (κ3) is 3.31. The van der Waals surface area contributed by atoms with Crippen LogP contribution >= 0.6 is 0 Å². The standard InChI is InChI=1S/C7H14N2O/c1-6(2)7(4-10-3)9-5-8/h6-7,9H,4H2,1-3H3. The molecule has 0 saturated heterocycles. The van der Waals surface area contributed by atoms with Gasteiger partial charge in [0.1, 0.15) is 0 Å². The van der Waals surface area contributed by atoms with Crippen molar-refractivity contribution in [1.29, 1.82) is 5.26 Å². The highest BCUT2D eigenvalue weighted by atomic mass is 16.5. The van der Waals surface area contributed by atoms with E-state index in [1.165, 1.54) is 0 Å². The summed E-state index contributed by atoms with van der Waals surface area (Å²) in [6, 6.07) is 0.148. The second kappa shape index (κ2) is 5.07. The summed E-state index contributed by atoms with van der Waals surface area (Å²) in [6.07, 6.45) is 1.90. The fraction of sp³-hybridized carbons (Fsp3) is 0.857. The number of methoxy groups -OCH3 is 1. The summed E-state index contributed by atoms with van der Waals surface area (Å²) in [5, 5.41) is 11.0. The van der Waals surface area contributed by atoms with Crippen LogP contribution in [0.3, 0.4) is 0 Å². The molecule has 0 radical (unpaired) electrons. The van der Waals surface area contributed by atoms with E-state index < -0.39 is 0 Å². The van der Waals surface area contributed by atoms with Crippen molar-refractivity contribution in [3.63, 3.8) is 0 Å². The molecule has 10 heavy (non-hydrogen) atoms. The van der Waals surface area contributed by atoms with Gasteiger partial charge in [0, 0.05) is 7.11 Å². The molecule has 58 valence electrons. The number of nitrogens with one attached hydrogen (secondary N) is 1. The summed E-state index contributed by atoms with van der Waals surface area (Å²) in [4.78, 5) is 0. The molecule has 3 heteroatoms. The first-order valence-electron chi connectivity index (χ1n) is 3.36. The van der Waals surface area contributed by atoms with Gasteiger partial charge in [-0.3, -0.25) is 0 Å². The summed E-state index contributed by atoms with van der Waals surface area (Å²) < 4.78 is 4.90. The zero-order valence-electron chi connectivity index (χ0n) is 6.72. The molecule has 0 fully saturated rings. The minimum absolute atomic E-state index is 0.148. The quantitative estimate of drug-likeness (QED) is 0.465.